The maximum atomic E-state index is 13.9. The fourth-order valence-corrected chi connectivity index (χ4v) is 3.06. The van der Waals surface area contributed by atoms with Crippen LogP contribution in [0.5, 0.6) is 0 Å². The highest BCUT2D eigenvalue weighted by Crippen LogP contribution is 2.24. The third kappa shape index (κ3) is 3.76. The molecule has 7 heteroatoms. The van der Waals surface area contributed by atoms with E-state index in [-0.39, 0.29) is 18.0 Å². The third-order valence-corrected chi connectivity index (χ3v) is 4.29. The van der Waals surface area contributed by atoms with Crippen LogP contribution in [0.2, 0.25) is 0 Å². The van der Waals surface area contributed by atoms with Gasteiger partial charge in [-0.25, -0.2) is 14.4 Å². The lowest BCUT2D eigenvalue weighted by Gasteiger charge is -2.19. The average molecular weight is 403 g/mol. The first-order valence-electron chi connectivity index (χ1n) is 7.62. The van der Waals surface area contributed by atoms with E-state index in [0.29, 0.717) is 11.2 Å². The Bertz CT molecular complexity index is 948. The van der Waals surface area contributed by atoms with Gasteiger partial charge in [0.15, 0.2) is 0 Å². The summed E-state index contributed by atoms with van der Waals surface area (Å²) in [6, 6.07) is 10.3. The standard InChI is InChI=1S/C18H16BrFN4O/c1-11-8-12(19)6-7-15(11)23-16(25)9-24(2)18-13-4-3-5-14(20)17(13)21-10-22-18/h3-8,10H,9H2,1-2H3,(H,23,25). The van der Waals surface area contributed by atoms with E-state index in [9.17, 15) is 9.18 Å². The Morgan fingerprint density at radius 3 is 2.84 bits per heavy atom. The molecule has 0 aliphatic carbocycles. The monoisotopic (exact) mass is 402 g/mol. The van der Waals surface area contributed by atoms with Gasteiger partial charge in [0.2, 0.25) is 5.91 Å². The van der Waals surface area contributed by atoms with E-state index < -0.39 is 5.82 Å². The molecule has 0 radical (unpaired) electrons. The number of fused-ring (bicyclic) bond motifs is 1. The molecule has 0 unspecified atom stereocenters. The Kier molecular flexibility index (Phi) is 4.94. The van der Waals surface area contributed by atoms with Crippen molar-refractivity contribution in [1.29, 1.82) is 0 Å². The molecule has 3 aromatic rings. The Balaban J connectivity index is 1.79. The fraction of sp³-hybridized carbons (Fsp3) is 0.167. The Morgan fingerprint density at radius 1 is 1.28 bits per heavy atom. The smallest absolute Gasteiger partial charge is 0.243 e. The zero-order valence-corrected chi connectivity index (χ0v) is 15.3. The van der Waals surface area contributed by atoms with Crippen molar-refractivity contribution in [2.24, 2.45) is 0 Å². The largest absolute Gasteiger partial charge is 0.350 e. The highest BCUT2D eigenvalue weighted by Gasteiger charge is 2.14. The number of carbonyl (C=O) groups excluding carboxylic acids is 1. The van der Waals surface area contributed by atoms with Crippen LogP contribution >= 0.6 is 15.9 Å². The van der Waals surface area contributed by atoms with Crippen LogP contribution in [0.3, 0.4) is 0 Å². The summed E-state index contributed by atoms with van der Waals surface area (Å²) in [6.07, 6.45) is 1.30. The molecule has 3 rings (SSSR count). The Hall–Kier alpha value is -2.54. The number of hydrogen-bond donors (Lipinski definition) is 1. The Morgan fingerprint density at radius 2 is 2.08 bits per heavy atom. The molecular weight excluding hydrogens is 387 g/mol. The van der Waals surface area contributed by atoms with Crippen LogP contribution in [0.15, 0.2) is 47.2 Å². The molecule has 5 nitrogen and oxygen atoms in total. The molecule has 0 bridgehead atoms. The van der Waals surface area contributed by atoms with Gasteiger partial charge in [0.25, 0.3) is 0 Å². The van der Waals surface area contributed by atoms with Gasteiger partial charge in [-0.2, -0.15) is 0 Å². The molecule has 0 atom stereocenters. The SMILES string of the molecule is Cc1cc(Br)ccc1NC(=O)CN(C)c1ncnc2c(F)cccc12. The lowest BCUT2D eigenvalue weighted by Crippen LogP contribution is -2.31. The minimum absolute atomic E-state index is 0.0815. The number of nitrogens with one attached hydrogen (secondary N) is 1. The summed E-state index contributed by atoms with van der Waals surface area (Å²) in [5.74, 6) is -0.0900. The molecule has 2 aromatic carbocycles. The van der Waals surface area contributed by atoms with Crippen molar-refractivity contribution in [3.05, 3.63) is 58.6 Å². The molecule has 25 heavy (non-hydrogen) atoms. The van der Waals surface area contributed by atoms with Crippen LogP contribution in [-0.4, -0.2) is 29.5 Å². The summed E-state index contributed by atoms with van der Waals surface area (Å²) in [4.78, 5) is 22.2. The summed E-state index contributed by atoms with van der Waals surface area (Å²) in [5, 5.41) is 3.45. The topological polar surface area (TPSA) is 58.1 Å². The molecule has 128 valence electrons. The van der Waals surface area contributed by atoms with Crippen molar-refractivity contribution in [2.45, 2.75) is 6.92 Å². The quantitative estimate of drug-likeness (QED) is 0.718. The van der Waals surface area contributed by atoms with Crippen LogP contribution in [0.4, 0.5) is 15.9 Å². The van der Waals surface area contributed by atoms with E-state index in [1.165, 1.54) is 12.4 Å². The lowest BCUT2D eigenvalue weighted by molar-refractivity contribution is -0.114. The normalized spacial score (nSPS) is 10.7. The van der Waals surface area contributed by atoms with Crippen LogP contribution in [-0.2, 0) is 4.79 Å². The van der Waals surface area contributed by atoms with Crippen molar-refractivity contribution in [2.75, 3.05) is 23.8 Å². The highest BCUT2D eigenvalue weighted by molar-refractivity contribution is 9.10. The van der Waals surface area contributed by atoms with Crippen molar-refractivity contribution in [3.63, 3.8) is 0 Å². The van der Waals surface area contributed by atoms with Gasteiger partial charge in [0, 0.05) is 22.6 Å². The zero-order valence-electron chi connectivity index (χ0n) is 13.8. The van der Waals surface area contributed by atoms with E-state index in [0.717, 1.165) is 15.7 Å². The fourth-order valence-electron chi connectivity index (χ4n) is 2.59. The number of aryl methyl sites for hydroxylation is 1. The molecule has 0 aliphatic heterocycles. The molecule has 0 saturated heterocycles. The maximum Gasteiger partial charge on any atom is 0.243 e. The van der Waals surface area contributed by atoms with Crippen LogP contribution in [0, 0.1) is 12.7 Å². The highest BCUT2D eigenvalue weighted by atomic mass is 79.9. The van der Waals surface area contributed by atoms with Gasteiger partial charge in [0.05, 0.1) is 6.54 Å². The first-order chi connectivity index (χ1) is 12.0. The number of carbonyl (C=O) groups is 1. The molecule has 1 amide bonds. The van der Waals surface area contributed by atoms with Crippen molar-refractivity contribution >= 4 is 44.2 Å². The summed E-state index contributed by atoms with van der Waals surface area (Å²) in [6.45, 7) is 2.00. The first kappa shape index (κ1) is 17.3. The maximum absolute atomic E-state index is 13.9. The van der Waals surface area contributed by atoms with Crippen molar-refractivity contribution in [1.82, 2.24) is 9.97 Å². The van der Waals surface area contributed by atoms with E-state index in [1.54, 1.807) is 24.1 Å². The number of benzene rings is 2. The van der Waals surface area contributed by atoms with Crippen LogP contribution in [0.1, 0.15) is 5.56 Å². The van der Waals surface area contributed by atoms with Gasteiger partial charge in [0.1, 0.15) is 23.5 Å². The van der Waals surface area contributed by atoms with Crippen molar-refractivity contribution in [3.8, 4) is 0 Å². The number of para-hydroxylation sites is 1. The van der Waals surface area contributed by atoms with E-state index >= 15 is 0 Å². The van der Waals surface area contributed by atoms with Gasteiger partial charge in [-0.3, -0.25) is 4.79 Å². The van der Waals surface area contributed by atoms with Gasteiger partial charge in [-0.1, -0.05) is 22.0 Å². The van der Waals surface area contributed by atoms with Gasteiger partial charge in [-0.05, 0) is 42.8 Å². The summed E-state index contributed by atoms with van der Waals surface area (Å²) < 4.78 is 14.8. The average Bonchev–Trinajstić information content (AvgIpc) is 2.57. The van der Waals surface area contributed by atoms with Gasteiger partial charge < -0.3 is 10.2 Å². The molecule has 1 heterocycles. The molecule has 0 aliphatic rings. The van der Waals surface area contributed by atoms with Crippen LogP contribution in [0.25, 0.3) is 10.9 Å². The minimum Gasteiger partial charge on any atom is -0.350 e. The predicted molar refractivity (Wildman–Crippen MR) is 100 cm³/mol. The third-order valence-electron chi connectivity index (χ3n) is 3.80. The molecule has 0 fully saturated rings. The minimum atomic E-state index is -0.413. The second-order valence-electron chi connectivity index (χ2n) is 5.70. The van der Waals surface area contributed by atoms with E-state index in [1.807, 2.05) is 25.1 Å². The summed E-state index contributed by atoms with van der Waals surface area (Å²) in [7, 11) is 1.74. The van der Waals surface area contributed by atoms with Gasteiger partial charge >= 0.3 is 0 Å². The van der Waals surface area contributed by atoms with Crippen molar-refractivity contribution < 1.29 is 9.18 Å². The summed E-state index contributed by atoms with van der Waals surface area (Å²) in [5.41, 5.74) is 1.95. The second kappa shape index (κ2) is 7.14. The number of hydrogen-bond acceptors (Lipinski definition) is 4. The number of rotatable bonds is 4. The first-order valence-corrected chi connectivity index (χ1v) is 8.41. The second-order valence-corrected chi connectivity index (χ2v) is 6.61. The summed E-state index contributed by atoms with van der Waals surface area (Å²) >= 11 is 3.40. The predicted octanol–water partition coefficient (Wildman–Crippen LogP) is 3.91. The number of amides is 1. The molecule has 1 N–H and O–H groups in total. The number of nitrogens with zero attached hydrogens (tertiary/aromatic N) is 3. The van der Waals surface area contributed by atoms with E-state index in [2.05, 4.69) is 31.2 Å². The molecule has 0 spiro atoms. The number of likely N-dealkylation sites (N-methyl/N-ethyl adjacent to an activating group) is 1. The molecule has 0 saturated carbocycles. The Labute approximate surface area is 153 Å². The molecular formula is C18H16BrFN4O. The molecule has 1 aromatic heterocycles. The number of aromatic nitrogens is 2. The van der Waals surface area contributed by atoms with E-state index in [4.69, 9.17) is 0 Å². The van der Waals surface area contributed by atoms with Crippen LogP contribution < -0.4 is 10.2 Å². The lowest BCUT2D eigenvalue weighted by atomic mass is 10.2. The zero-order chi connectivity index (χ0) is 18.0. The number of halogens is 2. The van der Waals surface area contributed by atoms with Gasteiger partial charge in [-0.15, -0.1) is 0 Å². The number of anilines is 2.